The van der Waals surface area contributed by atoms with Crippen LogP contribution in [0.1, 0.15) is 30.9 Å². The van der Waals surface area contributed by atoms with E-state index in [1.54, 1.807) is 30.3 Å². The standard InChI is InChI=1S/C31H35NO9/c1-22(34)41-29(28(36)15-14-26(35)13-8-17-39-18-16-33)27(20-24-11-6-3-7-12-24)30(37)32-25(21-40-31(32)38)19-23-9-4-2-5-10-23/h2-7,9-12,14-15,25,27,29,33H,8,13,16-21H2,1H3/t25-,27+,29-/m0/s1. The van der Waals surface area contributed by atoms with Gasteiger partial charge in [-0.15, -0.1) is 0 Å². The summed E-state index contributed by atoms with van der Waals surface area (Å²) < 4.78 is 15.7. The summed E-state index contributed by atoms with van der Waals surface area (Å²) in [6.45, 7) is 1.42. The van der Waals surface area contributed by atoms with Crippen LogP contribution in [0.4, 0.5) is 4.79 Å². The molecule has 218 valence electrons. The Bertz CT molecular complexity index is 1210. The van der Waals surface area contributed by atoms with Crippen molar-refractivity contribution in [3.63, 3.8) is 0 Å². The molecule has 10 nitrogen and oxygen atoms in total. The topological polar surface area (TPSA) is 137 Å². The normalized spacial score (nSPS) is 16.3. The second-order valence-corrected chi connectivity index (χ2v) is 9.60. The van der Waals surface area contributed by atoms with Crippen LogP contribution in [0.15, 0.2) is 72.8 Å². The van der Waals surface area contributed by atoms with Crippen LogP contribution >= 0.6 is 0 Å². The maximum atomic E-state index is 14.0. The number of esters is 1. The number of amides is 2. The molecule has 0 aliphatic carbocycles. The van der Waals surface area contributed by atoms with Crippen LogP contribution in [0.25, 0.3) is 0 Å². The molecule has 3 atom stereocenters. The molecule has 1 saturated heterocycles. The molecule has 41 heavy (non-hydrogen) atoms. The van der Waals surface area contributed by atoms with Gasteiger partial charge in [0.1, 0.15) is 6.61 Å². The fourth-order valence-electron chi connectivity index (χ4n) is 4.52. The number of ketones is 2. The molecular weight excluding hydrogens is 530 g/mol. The van der Waals surface area contributed by atoms with E-state index >= 15 is 0 Å². The predicted molar refractivity (Wildman–Crippen MR) is 148 cm³/mol. The molecule has 1 fully saturated rings. The molecule has 1 aliphatic rings. The van der Waals surface area contributed by atoms with E-state index in [9.17, 15) is 24.0 Å². The van der Waals surface area contributed by atoms with E-state index in [0.29, 0.717) is 18.4 Å². The van der Waals surface area contributed by atoms with Crippen molar-refractivity contribution >= 4 is 29.5 Å². The van der Waals surface area contributed by atoms with Gasteiger partial charge in [0.15, 0.2) is 17.7 Å². The molecule has 0 spiro atoms. The number of hydrogen-bond acceptors (Lipinski definition) is 9. The summed E-state index contributed by atoms with van der Waals surface area (Å²) in [7, 11) is 0. The lowest BCUT2D eigenvalue weighted by Crippen LogP contribution is -2.49. The number of carbonyl (C=O) groups excluding carboxylic acids is 5. The number of benzene rings is 2. The van der Waals surface area contributed by atoms with Gasteiger partial charge in [-0.2, -0.15) is 0 Å². The van der Waals surface area contributed by atoms with E-state index in [4.69, 9.17) is 19.3 Å². The minimum absolute atomic E-state index is 0.00478. The molecule has 2 aromatic carbocycles. The highest BCUT2D eigenvalue weighted by molar-refractivity contribution is 6.04. The first-order valence-corrected chi connectivity index (χ1v) is 13.5. The number of ether oxygens (including phenoxy) is 3. The Morgan fingerprint density at radius 2 is 1.66 bits per heavy atom. The van der Waals surface area contributed by atoms with Crippen molar-refractivity contribution in [1.29, 1.82) is 0 Å². The first kappa shape index (κ1) is 31.4. The molecule has 2 amide bonds. The summed E-state index contributed by atoms with van der Waals surface area (Å²) >= 11 is 0. The highest BCUT2D eigenvalue weighted by Gasteiger charge is 2.45. The van der Waals surface area contributed by atoms with Gasteiger partial charge in [0.05, 0.1) is 25.2 Å². The van der Waals surface area contributed by atoms with Crippen molar-refractivity contribution in [2.75, 3.05) is 26.4 Å². The zero-order valence-electron chi connectivity index (χ0n) is 23.0. The molecule has 1 aliphatic heterocycles. The molecule has 0 aromatic heterocycles. The molecule has 0 unspecified atom stereocenters. The summed E-state index contributed by atoms with van der Waals surface area (Å²) in [5.41, 5.74) is 1.58. The van der Waals surface area contributed by atoms with Gasteiger partial charge in [-0.1, -0.05) is 60.7 Å². The van der Waals surface area contributed by atoms with Crippen LogP contribution in [0.2, 0.25) is 0 Å². The van der Waals surface area contributed by atoms with E-state index in [2.05, 4.69) is 0 Å². The van der Waals surface area contributed by atoms with Crippen LogP contribution in [-0.4, -0.2) is 78.1 Å². The molecule has 2 aromatic rings. The number of nitrogens with zero attached hydrogens (tertiary/aromatic N) is 1. The Balaban J connectivity index is 1.85. The Morgan fingerprint density at radius 3 is 2.29 bits per heavy atom. The number of aliphatic hydroxyl groups is 1. The second-order valence-electron chi connectivity index (χ2n) is 9.60. The van der Waals surface area contributed by atoms with Crippen molar-refractivity contribution in [3.8, 4) is 0 Å². The molecule has 10 heteroatoms. The van der Waals surface area contributed by atoms with E-state index in [0.717, 1.165) is 29.5 Å². The van der Waals surface area contributed by atoms with Crippen molar-refractivity contribution < 1.29 is 43.3 Å². The molecular formula is C31H35NO9. The lowest BCUT2D eigenvalue weighted by atomic mass is 9.89. The van der Waals surface area contributed by atoms with Crippen molar-refractivity contribution in [3.05, 3.63) is 83.9 Å². The smallest absolute Gasteiger partial charge is 0.416 e. The maximum absolute atomic E-state index is 14.0. The quantitative estimate of drug-likeness (QED) is 0.185. The summed E-state index contributed by atoms with van der Waals surface area (Å²) in [4.78, 5) is 65.5. The third-order valence-corrected chi connectivity index (χ3v) is 6.45. The summed E-state index contributed by atoms with van der Waals surface area (Å²) in [6.07, 6.45) is 0.491. The molecule has 3 rings (SSSR count). The predicted octanol–water partition coefficient (Wildman–Crippen LogP) is 2.85. The van der Waals surface area contributed by atoms with Gasteiger partial charge in [0, 0.05) is 20.0 Å². The number of carbonyl (C=O) groups is 5. The maximum Gasteiger partial charge on any atom is 0.416 e. The third-order valence-electron chi connectivity index (χ3n) is 6.45. The summed E-state index contributed by atoms with van der Waals surface area (Å²) in [5, 5.41) is 8.75. The molecule has 1 heterocycles. The van der Waals surface area contributed by atoms with Crippen LogP contribution in [0.3, 0.4) is 0 Å². The van der Waals surface area contributed by atoms with E-state index in [1.165, 1.54) is 0 Å². The van der Waals surface area contributed by atoms with Gasteiger partial charge in [-0.25, -0.2) is 9.69 Å². The number of aliphatic hydroxyl groups excluding tert-OH is 1. The lowest BCUT2D eigenvalue weighted by molar-refractivity contribution is -0.158. The van der Waals surface area contributed by atoms with Gasteiger partial charge in [-0.3, -0.25) is 19.2 Å². The Morgan fingerprint density at radius 1 is 1.00 bits per heavy atom. The van der Waals surface area contributed by atoms with Crippen molar-refractivity contribution in [2.24, 2.45) is 5.92 Å². The summed E-state index contributed by atoms with van der Waals surface area (Å²) in [6, 6.07) is 17.5. The Labute approximate surface area is 238 Å². The van der Waals surface area contributed by atoms with Gasteiger partial charge in [0.25, 0.3) is 0 Å². The highest BCUT2D eigenvalue weighted by atomic mass is 16.6. The number of imide groups is 1. The molecule has 1 N–H and O–H groups in total. The van der Waals surface area contributed by atoms with E-state index < -0.39 is 41.8 Å². The minimum Gasteiger partial charge on any atom is -0.453 e. The van der Waals surface area contributed by atoms with Crippen molar-refractivity contribution in [1.82, 2.24) is 4.90 Å². The SMILES string of the molecule is CC(=O)O[C@H](C(=O)C=CC(=O)CCCOCCO)[C@@H](Cc1ccccc1)C(=O)N1C(=O)OC[C@@H]1Cc1ccccc1. The number of hydrogen-bond donors (Lipinski definition) is 1. The van der Waals surface area contributed by atoms with E-state index in [1.807, 2.05) is 30.3 Å². The minimum atomic E-state index is -1.58. The Kier molecular flexibility index (Phi) is 12.4. The molecule has 0 bridgehead atoms. The average Bonchev–Trinajstić information content (AvgIpc) is 3.33. The number of allylic oxidation sites excluding steroid dienone is 1. The largest absolute Gasteiger partial charge is 0.453 e. The average molecular weight is 566 g/mol. The van der Waals surface area contributed by atoms with Crippen LogP contribution in [-0.2, 0) is 46.2 Å². The van der Waals surface area contributed by atoms with E-state index in [-0.39, 0.29) is 45.1 Å². The van der Waals surface area contributed by atoms with Crippen LogP contribution in [0, 0.1) is 5.92 Å². The zero-order valence-corrected chi connectivity index (χ0v) is 23.0. The molecule has 0 radical (unpaired) electrons. The first-order valence-electron chi connectivity index (χ1n) is 13.5. The lowest BCUT2D eigenvalue weighted by Gasteiger charge is -2.29. The molecule has 0 saturated carbocycles. The number of cyclic esters (lactones) is 1. The van der Waals surface area contributed by atoms with Crippen LogP contribution < -0.4 is 0 Å². The summed E-state index contributed by atoms with van der Waals surface area (Å²) in [5.74, 6) is -3.88. The second kappa shape index (κ2) is 16.2. The first-order chi connectivity index (χ1) is 19.8. The zero-order chi connectivity index (χ0) is 29.6. The van der Waals surface area contributed by atoms with Crippen LogP contribution in [0.5, 0.6) is 0 Å². The van der Waals surface area contributed by atoms with Gasteiger partial charge in [-0.05, 0) is 42.5 Å². The Hall–Kier alpha value is -4.15. The fraction of sp³-hybridized carbons (Fsp3) is 0.387. The number of rotatable bonds is 16. The van der Waals surface area contributed by atoms with Crippen molar-refractivity contribution in [2.45, 2.75) is 44.8 Å². The fourth-order valence-corrected chi connectivity index (χ4v) is 4.52. The van der Waals surface area contributed by atoms with Gasteiger partial charge < -0.3 is 19.3 Å². The monoisotopic (exact) mass is 565 g/mol. The van der Waals surface area contributed by atoms with Gasteiger partial charge in [0.2, 0.25) is 5.91 Å². The third kappa shape index (κ3) is 9.77. The van der Waals surface area contributed by atoms with Gasteiger partial charge >= 0.3 is 12.1 Å². The highest BCUT2D eigenvalue weighted by Crippen LogP contribution is 2.26.